The minimum Gasteiger partial charge on any atom is -0.396 e. The van der Waals surface area contributed by atoms with Crippen molar-refractivity contribution >= 4 is 16.9 Å². The second kappa shape index (κ2) is 3.70. The number of nitrogens with one attached hydrogen (secondary N) is 1. The maximum absolute atomic E-state index is 9.49. The average Bonchev–Trinajstić information content (AvgIpc) is 2.68. The number of fused-ring (bicyclic) bond motifs is 1. The number of nitrogen functional groups attached to an aromatic ring is 1. The lowest BCUT2D eigenvalue weighted by atomic mass is 9.66. The van der Waals surface area contributed by atoms with E-state index < -0.39 is 0 Å². The highest BCUT2D eigenvalue weighted by atomic mass is 16.3. The first-order valence-electron chi connectivity index (χ1n) is 5.91. The van der Waals surface area contributed by atoms with Crippen LogP contribution in [0.25, 0.3) is 11.0 Å². The molecular formula is C12H16N4O. The average molecular weight is 232 g/mol. The molecule has 1 saturated carbocycles. The van der Waals surface area contributed by atoms with Crippen LogP contribution in [-0.2, 0) is 6.42 Å². The Kier molecular flexibility index (Phi) is 2.29. The van der Waals surface area contributed by atoms with E-state index in [2.05, 4.69) is 15.0 Å². The Morgan fingerprint density at radius 3 is 2.88 bits per heavy atom. The lowest BCUT2D eigenvalue weighted by Gasteiger charge is -2.40. The van der Waals surface area contributed by atoms with Crippen LogP contribution in [-0.4, -0.2) is 26.7 Å². The maximum atomic E-state index is 9.49. The molecule has 3 rings (SSSR count). The van der Waals surface area contributed by atoms with Crippen molar-refractivity contribution in [2.45, 2.75) is 25.7 Å². The van der Waals surface area contributed by atoms with Gasteiger partial charge in [-0.15, -0.1) is 0 Å². The zero-order valence-corrected chi connectivity index (χ0v) is 9.61. The van der Waals surface area contributed by atoms with Gasteiger partial charge in [-0.25, -0.2) is 9.97 Å². The van der Waals surface area contributed by atoms with Crippen LogP contribution in [0.2, 0.25) is 0 Å². The van der Waals surface area contributed by atoms with Crippen LogP contribution in [0.15, 0.2) is 12.5 Å². The maximum Gasteiger partial charge on any atom is 0.151 e. The highest BCUT2D eigenvalue weighted by Gasteiger charge is 2.37. The van der Waals surface area contributed by atoms with E-state index in [1.165, 1.54) is 12.7 Å². The number of rotatable bonds is 3. The zero-order chi connectivity index (χ0) is 11.9. The van der Waals surface area contributed by atoms with Crippen molar-refractivity contribution < 1.29 is 5.11 Å². The van der Waals surface area contributed by atoms with Crippen molar-refractivity contribution in [3.63, 3.8) is 0 Å². The third-order valence-corrected chi connectivity index (χ3v) is 3.89. The van der Waals surface area contributed by atoms with Gasteiger partial charge in [-0.05, 0) is 30.2 Å². The van der Waals surface area contributed by atoms with Gasteiger partial charge in [-0.2, -0.15) is 0 Å². The molecule has 2 aromatic rings. The number of anilines is 1. The molecule has 2 aromatic heterocycles. The van der Waals surface area contributed by atoms with Gasteiger partial charge in [-0.1, -0.05) is 6.42 Å². The van der Waals surface area contributed by atoms with Crippen LogP contribution in [0, 0.1) is 5.41 Å². The Morgan fingerprint density at radius 1 is 1.41 bits per heavy atom. The predicted octanol–water partition coefficient (Wildman–Crippen LogP) is 1.25. The highest BCUT2D eigenvalue weighted by Crippen LogP contribution is 2.44. The fourth-order valence-corrected chi connectivity index (χ4v) is 2.62. The molecular weight excluding hydrogens is 216 g/mol. The quantitative estimate of drug-likeness (QED) is 0.743. The number of aliphatic hydroxyl groups is 1. The summed E-state index contributed by atoms with van der Waals surface area (Å²) in [7, 11) is 0. The Morgan fingerprint density at radius 2 is 2.24 bits per heavy atom. The van der Waals surface area contributed by atoms with Gasteiger partial charge >= 0.3 is 0 Å². The first-order chi connectivity index (χ1) is 8.24. The smallest absolute Gasteiger partial charge is 0.151 e. The molecule has 90 valence electrons. The minimum absolute atomic E-state index is 0.0643. The van der Waals surface area contributed by atoms with E-state index in [-0.39, 0.29) is 12.0 Å². The summed E-state index contributed by atoms with van der Waals surface area (Å²) in [4.78, 5) is 11.4. The zero-order valence-electron chi connectivity index (χ0n) is 9.61. The molecule has 2 heterocycles. The molecule has 1 aliphatic rings. The number of H-pyrrole nitrogens is 1. The fraction of sp³-hybridized carbons (Fsp3) is 0.500. The van der Waals surface area contributed by atoms with E-state index in [1.54, 1.807) is 0 Å². The van der Waals surface area contributed by atoms with Gasteiger partial charge in [-0.3, -0.25) is 0 Å². The van der Waals surface area contributed by atoms with E-state index in [4.69, 9.17) is 5.73 Å². The molecule has 0 radical (unpaired) electrons. The van der Waals surface area contributed by atoms with Crippen LogP contribution in [0.1, 0.15) is 24.8 Å². The summed E-state index contributed by atoms with van der Waals surface area (Å²) in [5, 5.41) is 9.49. The third-order valence-electron chi connectivity index (χ3n) is 3.89. The topological polar surface area (TPSA) is 87.8 Å². The molecule has 0 amide bonds. The molecule has 17 heavy (non-hydrogen) atoms. The van der Waals surface area contributed by atoms with Crippen molar-refractivity contribution in [1.29, 1.82) is 0 Å². The lowest BCUT2D eigenvalue weighted by molar-refractivity contribution is 0.0453. The summed E-state index contributed by atoms with van der Waals surface area (Å²) in [5.41, 5.74) is 8.66. The van der Waals surface area contributed by atoms with Crippen molar-refractivity contribution in [3.8, 4) is 0 Å². The largest absolute Gasteiger partial charge is 0.396 e. The second-order valence-corrected chi connectivity index (χ2v) is 4.98. The number of nitrogens with two attached hydrogens (primary N) is 1. The number of hydrogen-bond donors (Lipinski definition) is 3. The van der Waals surface area contributed by atoms with Gasteiger partial charge < -0.3 is 15.8 Å². The van der Waals surface area contributed by atoms with Gasteiger partial charge in [0.2, 0.25) is 0 Å². The van der Waals surface area contributed by atoms with E-state index in [0.717, 1.165) is 35.9 Å². The molecule has 0 unspecified atom stereocenters. The Balaban J connectivity index is 1.98. The van der Waals surface area contributed by atoms with Gasteiger partial charge in [0.25, 0.3) is 0 Å². The molecule has 0 saturated heterocycles. The molecule has 0 aromatic carbocycles. The Hall–Kier alpha value is -1.62. The van der Waals surface area contributed by atoms with Crippen LogP contribution >= 0.6 is 0 Å². The lowest BCUT2D eigenvalue weighted by Crippen LogP contribution is -2.35. The van der Waals surface area contributed by atoms with Crippen LogP contribution < -0.4 is 5.73 Å². The normalized spacial score (nSPS) is 18.2. The Labute approximate surface area is 99.1 Å². The molecule has 1 aliphatic carbocycles. The summed E-state index contributed by atoms with van der Waals surface area (Å²) in [6, 6.07) is 0. The third kappa shape index (κ3) is 1.58. The van der Waals surface area contributed by atoms with E-state index in [9.17, 15) is 5.11 Å². The minimum atomic E-state index is 0.0643. The highest BCUT2D eigenvalue weighted by molar-refractivity contribution is 5.86. The van der Waals surface area contributed by atoms with E-state index in [0.29, 0.717) is 5.82 Å². The van der Waals surface area contributed by atoms with Gasteiger partial charge in [0.15, 0.2) is 5.82 Å². The van der Waals surface area contributed by atoms with Crippen LogP contribution in [0.3, 0.4) is 0 Å². The van der Waals surface area contributed by atoms with Crippen molar-refractivity contribution in [1.82, 2.24) is 15.0 Å². The van der Waals surface area contributed by atoms with Crippen LogP contribution in [0.4, 0.5) is 5.82 Å². The second-order valence-electron chi connectivity index (χ2n) is 4.98. The number of aliphatic hydroxyl groups excluding tert-OH is 1. The number of nitrogens with zero attached hydrogens (tertiary/aromatic N) is 2. The SMILES string of the molecule is Nc1ncnc2c(CC3(CO)CCC3)c[nH]c12. The molecule has 1 fully saturated rings. The summed E-state index contributed by atoms with van der Waals surface area (Å²) in [5.74, 6) is 0.480. The summed E-state index contributed by atoms with van der Waals surface area (Å²) in [6.07, 6.45) is 7.68. The van der Waals surface area contributed by atoms with E-state index in [1.807, 2.05) is 6.20 Å². The van der Waals surface area contributed by atoms with Gasteiger partial charge in [0.05, 0.1) is 5.52 Å². The first kappa shape index (κ1) is 10.5. The van der Waals surface area contributed by atoms with Gasteiger partial charge in [0, 0.05) is 12.8 Å². The molecule has 5 heteroatoms. The monoisotopic (exact) mass is 232 g/mol. The van der Waals surface area contributed by atoms with Gasteiger partial charge in [0.1, 0.15) is 11.8 Å². The Bertz CT molecular complexity index is 539. The first-order valence-corrected chi connectivity index (χ1v) is 5.91. The van der Waals surface area contributed by atoms with Crippen molar-refractivity contribution in [2.75, 3.05) is 12.3 Å². The molecule has 0 spiro atoms. The summed E-state index contributed by atoms with van der Waals surface area (Å²) >= 11 is 0. The number of aromatic amines is 1. The standard InChI is InChI=1S/C12H16N4O/c13-11-10-9(15-7-16-11)8(5-14-10)4-12(6-17)2-1-3-12/h5,7,14,17H,1-4,6H2,(H2,13,15,16). The molecule has 0 bridgehead atoms. The van der Waals surface area contributed by atoms with Crippen molar-refractivity contribution in [2.24, 2.45) is 5.41 Å². The number of aromatic nitrogens is 3. The summed E-state index contributed by atoms with van der Waals surface area (Å²) in [6.45, 7) is 0.250. The molecule has 0 atom stereocenters. The predicted molar refractivity (Wildman–Crippen MR) is 65.4 cm³/mol. The fourth-order valence-electron chi connectivity index (χ4n) is 2.62. The molecule has 5 nitrogen and oxygen atoms in total. The summed E-state index contributed by atoms with van der Waals surface area (Å²) < 4.78 is 0. The van der Waals surface area contributed by atoms with Crippen LogP contribution in [0.5, 0.6) is 0 Å². The van der Waals surface area contributed by atoms with Crippen molar-refractivity contribution in [3.05, 3.63) is 18.1 Å². The molecule has 0 aliphatic heterocycles. The van der Waals surface area contributed by atoms with E-state index >= 15 is 0 Å². The number of hydrogen-bond acceptors (Lipinski definition) is 4. The molecule has 4 N–H and O–H groups in total.